The van der Waals surface area contributed by atoms with Gasteiger partial charge in [-0.2, -0.15) is 0 Å². The molecule has 2 aromatic rings. The quantitative estimate of drug-likeness (QED) is 0.712. The topological polar surface area (TPSA) is 57.4 Å². The van der Waals surface area contributed by atoms with Gasteiger partial charge in [-0.05, 0) is 65.2 Å². The molecule has 28 heavy (non-hydrogen) atoms. The lowest BCUT2D eigenvalue weighted by molar-refractivity contribution is -0.0880. The minimum atomic E-state index is -0.566. The SMILES string of the molecule is Cc1[nH]c2cccc3c2c1CCN1C(=O)OC2(CC(C)(C)NC(C)(C)C2)C31C. The number of ether oxygens (including phenoxy) is 1. The van der Waals surface area contributed by atoms with Crippen LogP contribution in [0.25, 0.3) is 10.9 Å². The second-order valence-corrected chi connectivity index (χ2v) is 10.5. The van der Waals surface area contributed by atoms with E-state index in [0.717, 1.165) is 24.8 Å². The summed E-state index contributed by atoms with van der Waals surface area (Å²) in [6.45, 7) is 14.0. The van der Waals surface area contributed by atoms with Gasteiger partial charge in [-0.25, -0.2) is 4.79 Å². The van der Waals surface area contributed by atoms with Crippen LogP contribution < -0.4 is 5.32 Å². The number of hydrogen-bond acceptors (Lipinski definition) is 3. The van der Waals surface area contributed by atoms with E-state index in [4.69, 9.17) is 4.74 Å². The summed E-state index contributed by atoms with van der Waals surface area (Å²) in [4.78, 5) is 18.8. The number of aromatic amines is 1. The van der Waals surface area contributed by atoms with Gasteiger partial charge in [0.05, 0.1) is 0 Å². The normalized spacial score (nSPS) is 29.6. The molecule has 0 bridgehead atoms. The Morgan fingerprint density at radius 2 is 1.75 bits per heavy atom. The number of aryl methyl sites for hydroxylation is 1. The minimum absolute atomic E-state index is 0.127. The Bertz CT molecular complexity index is 987. The maximum absolute atomic E-state index is 13.2. The van der Waals surface area contributed by atoms with Crippen LogP contribution in [0.3, 0.4) is 0 Å². The lowest BCUT2D eigenvalue weighted by Gasteiger charge is -2.55. The van der Waals surface area contributed by atoms with Crippen LogP contribution in [0.2, 0.25) is 0 Å². The molecule has 5 rings (SSSR count). The van der Waals surface area contributed by atoms with Gasteiger partial charge in [0.2, 0.25) is 0 Å². The van der Waals surface area contributed by atoms with E-state index < -0.39 is 11.1 Å². The van der Waals surface area contributed by atoms with Gasteiger partial charge >= 0.3 is 6.09 Å². The zero-order chi connectivity index (χ0) is 20.1. The van der Waals surface area contributed by atoms with Gasteiger partial charge in [-0.1, -0.05) is 12.1 Å². The molecule has 3 aliphatic rings. The summed E-state index contributed by atoms with van der Waals surface area (Å²) in [5.41, 5.74) is 3.62. The lowest BCUT2D eigenvalue weighted by Crippen LogP contribution is -2.68. The Balaban J connectivity index is 1.82. The molecule has 0 aliphatic carbocycles. The van der Waals surface area contributed by atoms with Crippen molar-refractivity contribution in [1.29, 1.82) is 0 Å². The van der Waals surface area contributed by atoms with E-state index in [1.54, 1.807) is 0 Å². The molecule has 5 heteroatoms. The molecule has 0 radical (unpaired) electrons. The highest BCUT2D eigenvalue weighted by Crippen LogP contribution is 2.58. The number of aromatic nitrogens is 1. The zero-order valence-corrected chi connectivity index (χ0v) is 17.8. The third-order valence-electron chi connectivity index (χ3n) is 7.31. The van der Waals surface area contributed by atoms with Crippen molar-refractivity contribution in [3.05, 3.63) is 35.0 Å². The smallest absolute Gasteiger partial charge is 0.411 e. The first-order valence-corrected chi connectivity index (χ1v) is 10.4. The van der Waals surface area contributed by atoms with Crippen molar-refractivity contribution in [3.8, 4) is 0 Å². The zero-order valence-electron chi connectivity index (χ0n) is 17.8. The second kappa shape index (κ2) is 5.12. The second-order valence-electron chi connectivity index (χ2n) is 10.5. The molecule has 1 amide bonds. The molecule has 5 nitrogen and oxygen atoms in total. The van der Waals surface area contributed by atoms with Crippen LogP contribution in [0.15, 0.2) is 18.2 Å². The number of amides is 1. The Morgan fingerprint density at radius 1 is 1.07 bits per heavy atom. The van der Waals surface area contributed by atoms with Crippen LogP contribution >= 0.6 is 0 Å². The van der Waals surface area contributed by atoms with Gasteiger partial charge in [0.25, 0.3) is 0 Å². The predicted octanol–water partition coefficient (Wildman–Crippen LogP) is 4.38. The van der Waals surface area contributed by atoms with E-state index in [-0.39, 0.29) is 17.2 Å². The third kappa shape index (κ3) is 2.14. The first-order valence-electron chi connectivity index (χ1n) is 10.4. The van der Waals surface area contributed by atoms with E-state index in [0.29, 0.717) is 6.54 Å². The Labute approximate surface area is 166 Å². The highest BCUT2D eigenvalue weighted by molar-refractivity contribution is 5.91. The van der Waals surface area contributed by atoms with E-state index >= 15 is 0 Å². The van der Waals surface area contributed by atoms with E-state index in [1.165, 1.54) is 22.2 Å². The van der Waals surface area contributed by atoms with E-state index in [1.807, 2.05) is 4.90 Å². The minimum Gasteiger partial charge on any atom is -0.440 e. The van der Waals surface area contributed by atoms with Gasteiger partial charge in [0.15, 0.2) is 0 Å². The summed E-state index contributed by atoms with van der Waals surface area (Å²) >= 11 is 0. The van der Waals surface area contributed by atoms with Crippen molar-refractivity contribution in [2.75, 3.05) is 6.54 Å². The highest BCUT2D eigenvalue weighted by atomic mass is 16.6. The highest BCUT2D eigenvalue weighted by Gasteiger charge is 2.68. The number of carbonyl (C=O) groups is 1. The summed E-state index contributed by atoms with van der Waals surface area (Å²) in [6, 6.07) is 6.47. The van der Waals surface area contributed by atoms with Crippen LogP contribution in [0.5, 0.6) is 0 Å². The molecular weight excluding hydrogens is 350 g/mol. The number of benzene rings is 1. The Morgan fingerprint density at radius 3 is 2.43 bits per heavy atom. The molecule has 4 heterocycles. The average molecular weight is 382 g/mol. The molecule has 1 aromatic carbocycles. The average Bonchev–Trinajstić information content (AvgIpc) is 2.88. The van der Waals surface area contributed by atoms with Gasteiger partial charge in [-0.3, -0.25) is 4.90 Å². The number of fused-ring (bicyclic) bond motifs is 3. The van der Waals surface area contributed by atoms with Crippen molar-refractivity contribution in [2.24, 2.45) is 0 Å². The molecule has 2 fully saturated rings. The van der Waals surface area contributed by atoms with Crippen LogP contribution in [0.4, 0.5) is 4.79 Å². The lowest BCUT2D eigenvalue weighted by atomic mass is 9.62. The molecule has 1 spiro atoms. The Hall–Kier alpha value is -2.01. The van der Waals surface area contributed by atoms with E-state index in [9.17, 15) is 4.79 Å². The fourth-order valence-corrected chi connectivity index (χ4v) is 6.76. The molecule has 2 saturated heterocycles. The molecule has 0 saturated carbocycles. The van der Waals surface area contributed by atoms with Crippen molar-refractivity contribution in [3.63, 3.8) is 0 Å². The van der Waals surface area contributed by atoms with Crippen LogP contribution in [0, 0.1) is 6.92 Å². The fourth-order valence-electron chi connectivity index (χ4n) is 6.76. The van der Waals surface area contributed by atoms with Crippen LogP contribution in [-0.4, -0.2) is 39.2 Å². The number of hydrogen-bond donors (Lipinski definition) is 2. The summed E-state index contributed by atoms with van der Waals surface area (Å²) in [6.07, 6.45) is 2.27. The maximum Gasteiger partial charge on any atom is 0.411 e. The van der Waals surface area contributed by atoms with E-state index in [2.05, 4.69) is 70.0 Å². The number of nitrogens with one attached hydrogen (secondary N) is 2. The van der Waals surface area contributed by atoms with Crippen molar-refractivity contribution >= 4 is 17.0 Å². The number of rotatable bonds is 0. The van der Waals surface area contributed by atoms with Gasteiger partial charge in [0, 0.05) is 47.1 Å². The van der Waals surface area contributed by atoms with Gasteiger partial charge in [0.1, 0.15) is 11.1 Å². The molecule has 2 N–H and O–H groups in total. The van der Waals surface area contributed by atoms with Gasteiger partial charge in [-0.15, -0.1) is 0 Å². The predicted molar refractivity (Wildman–Crippen MR) is 111 cm³/mol. The van der Waals surface area contributed by atoms with Crippen LogP contribution in [-0.2, 0) is 16.7 Å². The van der Waals surface area contributed by atoms with Crippen molar-refractivity contribution in [2.45, 2.75) is 83.0 Å². The number of H-pyrrole nitrogens is 1. The van der Waals surface area contributed by atoms with Gasteiger partial charge < -0.3 is 15.0 Å². The van der Waals surface area contributed by atoms with Crippen molar-refractivity contribution < 1.29 is 9.53 Å². The van der Waals surface area contributed by atoms with Crippen molar-refractivity contribution in [1.82, 2.24) is 15.2 Å². The largest absolute Gasteiger partial charge is 0.440 e. The molecule has 3 aliphatic heterocycles. The molecule has 1 atom stereocenters. The number of piperidine rings is 1. The summed E-state index contributed by atoms with van der Waals surface area (Å²) in [5, 5.41) is 5.05. The first kappa shape index (κ1) is 18.0. The summed E-state index contributed by atoms with van der Waals surface area (Å²) < 4.78 is 6.36. The fraction of sp³-hybridized carbons (Fsp3) is 0.609. The third-order valence-corrected chi connectivity index (χ3v) is 7.31. The molecule has 1 unspecified atom stereocenters. The van der Waals surface area contributed by atoms with Crippen LogP contribution in [0.1, 0.15) is 64.3 Å². The maximum atomic E-state index is 13.2. The Kier molecular flexibility index (Phi) is 3.30. The molecule has 1 aromatic heterocycles. The first-order chi connectivity index (χ1) is 13.0. The number of carbonyl (C=O) groups excluding carboxylic acids is 1. The standard InChI is InChI=1S/C23H31N3O2/c1-14-15-10-11-26-19(27)28-23(12-20(2,3)25-21(4,5)13-23)22(26,6)16-8-7-9-17(24-14)18(15)16/h7-9,24-25H,10-13H2,1-6H3. The molecule has 150 valence electrons. The molecular formula is C23H31N3O2. The summed E-state index contributed by atoms with van der Waals surface area (Å²) in [7, 11) is 0. The monoisotopic (exact) mass is 381 g/mol. The number of nitrogens with zero attached hydrogens (tertiary/aromatic N) is 1. The summed E-state index contributed by atoms with van der Waals surface area (Å²) in [5.74, 6) is 0.